The summed E-state index contributed by atoms with van der Waals surface area (Å²) in [7, 11) is 1.68. The zero-order valence-corrected chi connectivity index (χ0v) is 22.5. The summed E-state index contributed by atoms with van der Waals surface area (Å²) in [6.07, 6.45) is 2.54. The van der Waals surface area contributed by atoms with Crippen LogP contribution in [0, 0.1) is 0 Å². The van der Waals surface area contributed by atoms with E-state index in [2.05, 4.69) is 63.4 Å². The molecule has 1 atom stereocenters. The highest BCUT2D eigenvalue weighted by atomic mass is 35.5. The molecule has 2 heterocycles. The molecule has 7 heteroatoms. The van der Waals surface area contributed by atoms with Gasteiger partial charge in [0.1, 0.15) is 5.75 Å². The van der Waals surface area contributed by atoms with Crippen LogP contribution in [0.5, 0.6) is 5.75 Å². The quantitative estimate of drug-likeness (QED) is 0.301. The number of carbonyl (C=O) groups is 1. The highest BCUT2D eigenvalue weighted by Gasteiger charge is 2.23. The molecule has 38 heavy (non-hydrogen) atoms. The summed E-state index contributed by atoms with van der Waals surface area (Å²) in [5.41, 5.74) is 4.48. The van der Waals surface area contributed by atoms with Crippen molar-refractivity contribution in [2.45, 2.75) is 18.9 Å². The summed E-state index contributed by atoms with van der Waals surface area (Å²) in [6.45, 7) is 5.51. The van der Waals surface area contributed by atoms with Gasteiger partial charge in [-0.3, -0.25) is 9.69 Å². The number of amides is 1. The number of carbonyl (C=O) groups excluding carboxylic acids is 1. The van der Waals surface area contributed by atoms with E-state index in [1.807, 2.05) is 30.3 Å². The molecule has 0 radical (unpaired) electrons. The Labute approximate surface area is 229 Å². The molecule has 1 N–H and O–H groups in total. The Morgan fingerprint density at radius 1 is 1.05 bits per heavy atom. The number of nitrogens with zero attached hydrogens (tertiary/aromatic N) is 2. The lowest BCUT2D eigenvalue weighted by atomic mass is 9.88. The van der Waals surface area contributed by atoms with E-state index in [0.29, 0.717) is 18.0 Å². The number of ether oxygens (including phenoxy) is 2. The van der Waals surface area contributed by atoms with Gasteiger partial charge in [-0.2, -0.15) is 0 Å². The van der Waals surface area contributed by atoms with Gasteiger partial charge in [0.05, 0.1) is 20.3 Å². The fourth-order valence-electron chi connectivity index (χ4n) is 5.18. The number of halogens is 1. The molecule has 0 aliphatic carbocycles. The molecule has 1 fully saturated rings. The number of rotatable bonds is 10. The first-order chi connectivity index (χ1) is 18.6. The molecule has 1 aliphatic heterocycles. The molecular weight excluding hydrogens is 498 g/mol. The van der Waals surface area contributed by atoms with E-state index in [1.165, 1.54) is 5.56 Å². The van der Waals surface area contributed by atoms with Gasteiger partial charge in [0, 0.05) is 67.2 Å². The molecule has 1 aromatic heterocycles. The second-order valence-electron chi connectivity index (χ2n) is 9.69. The Balaban J connectivity index is 1.41. The van der Waals surface area contributed by atoms with E-state index >= 15 is 0 Å². The molecule has 3 aromatic carbocycles. The van der Waals surface area contributed by atoms with Gasteiger partial charge in [0.25, 0.3) is 0 Å². The summed E-state index contributed by atoms with van der Waals surface area (Å²) in [6, 6.07) is 24.4. The lowest BCUT2D eigenvalue weighted by Crippen LogP contribution is -2.41. The normalized spacial score (nSPS) is 14.9. The molecule has 198 valence electrons. The van der Waals surface area contributed by atoms with Crippen LogP contribution in [0.2, 0.25) is 5.02 Å². The standard InChI is InChI=1S/C31H34ClN3O3/c1-37-26-11-9-23(10-12-26)21-35-22-29(27-7-2-3-8-30(27)35)28(24-5-4-6-25(32)19-24)20-31(36)33-13-14-34-15-17-38-18-16-34/h2-12,19,22,28H,13-18,20-21H2,1H3,(H,33,36). The van der Waals surface area contributed by atoms with Crippen LogP contribution in [-0.4, -0.2) is 61.9 Å². The van der Waals surface area contributed by atoms with Crippen LogP contribution in [0.1, 0.15) is 29.0 Å². The van der Waals surface area contributed by atoms with Crippen molar-refractivity contribution in [1.82, 2.24) is 14.8 Å². The monoisotopic (exact) mass is 531 g/mol. The van der Waals surface area contributed by atoms with E-state index in [1.54, 1.807) is 7.11 Å². The van der Waals surface area contributed by atoms with Crippen molar-refractivity contribution < 1.29 is 14.3 Å². The van der Waals surface area contributed by atoms with Crippen molar-refractivity contribution in [1.29, 1.82) is 0 Å². The molecule has 6 nitrogen and oxygen atoms in total. The van der Waals surface area contributed by atoms with Crippen LogP contribution >= 0.6 is 11.6 Å². The zero-order valence-electron chi connectivity index (χ0n) is 21.7. The molecule has 4 aromatic rings. The fourth-order valence-corrected chi connectivity index (χ4v) is 5.38. The molecule has 0 spiro atoms. The van der Waals surface area contributed by atoms with Crippen LogP contribution in [0.3, 0.4) is 0 Å². The smallest absolute Gasteiger partial charge is 0.220 e. The first kappa shape index (κ1) is 26.3. The summed E-state index contributed by atoms with van der Waals surface area (Å²) in [5, 5.41) is 4.96. The average molecular weight is 532 g/mol. The number of aromatic nitrogens is 1. The molecule has 1 amide bonds. The van der Waals surface area contributed by atoms with Crippen molar-refractivity contribution >= 4 is 28.4 Å². The molecule has 1 saturated heterocycles. The Kier molecular flexibility index (Phi) is 8.64. The number of morpholine rings is 1. The highest BCUT2D eigenvalue weighted by Crippen LogP contribution is 2.36. The largest absolute Gasteiger partial charge is 0.497 e. The van der Waals surface area contributed by atoms with Crippen LogP contribution < -0.4 is 10.1 Å². The molecule has 1 aliphatic rings. The van der Waals surface area contributed by atoms with E-state index in [0.717, 1.165) is 67.2 Å². The second kappa shape index (κ2) is 12.5. The van der Waals surface area contributed by atoms with Gasteiger partial charge in [-0.05, 0) is 47.0 Å². The van der Waals surface area contributed by atoms with E-state index in [9.17, 15) is 4.79 Å². The molecule has 1 unspecified atom stereocenters. The lowest BCUT2D eigenvalue weighted by molar-refractivity contribution is -0.121. The maximum atomic E-state index is 13.2. The maximum absolute atomic E-state index is 13.2. The number of para-hydroxylation sites is 1. The number of benzene rings is 3. The van der Waals surface area contributed by atoms with Gasteiger partial charge in [-0.25, -0.2) is 0 Å². The van der Waals surface area contributed by atoms with Crippen molar-refractivity contribution in [3.8, 4) is 5.75 Å². The average Bonchev–Trinajstić information content (AvgIpc) is 3.30. The first-order valence-electron chi connectivity index (χ1n) is 13.1. The Morgan fingerprint density at radius 2 is 1.84 bits per heavy atom. The second-order valence-corrected chi connectivity index (χ2v) is 10.1. The van der Waals surface area contributed by atoms with E-state index < -0.39 is 0 Å². The lowest BCUT2D eigenvalue weighted by Gasteiger charge is -2.26. The van der Waals surface area contributed by atoms with Crippen molar-refractivity contribution in [3.63, 3.8) is 0 Å². The van der Waals surface area contributed by atoms with Crippen LogP contribution in [0.4, 0.5) is 0 Å². The first-order valence-corrected chi connectivity index (χ1v) is 13.5. The van der Waals surface area contributed by atoms with Gasteiger partial charge >= 0.3 is 0 Å². The topological polar surface area (TPSA) is 55.7 Å². The van der Waals surface area contributed by atoms with Crippen molar-refractivity contribution in [2.24, 2.45) is 0 Å². The third kappa shape index (κ3) is 6.38. The third-order valence-electron chi connectivity index (χ3n) is 7.20. The maximum Gasteiger partial charge on any atom is 0.220 e. The minimum Gasteiger partial charge on any atom is -0.497 e. The molecule has 0 saturated carbocycles. The highest BCUT2D eigenvalue weighted by molar-refractivity contribution is 6.30. The Bertz CT molecular complexity index is 1360. The van der Waals surface area contributed by atoms with Crippen LogP contribution in [-0.2, 0) is 16.1 Å². The van der Waals surface area contributed by atoms with E-state index in [4.69, 9.17) is 21.1 Å². The van der Waals surface area contributed by atoms with Gasteiger partial charge in [0.15, 0.2) is 0 Å². The number of fused-ring (bicyclic) bond motifs is 1. The SMILES string of the molecule is COc1ccc(Cn2cc(C(CC(=O)NCCN3CCOCC3)c3cccc(Cl)c3)c3ccccc32)cc1. The predicted molar refractivity (Wildman–Crippen MR) is 152 cm³/mol. The van der Waals surface area contributed by atoms with Gasteiger partial charge in [-0.1, -0.05) is 54.1 Å². The minimum absolute atomic E-state index is 0.0372. The molecular formula is C31H34ClN3O3. The Hall–Kier alpha value is -3.32. The van der Waals surface area contributed by atoms with E-state index in [-0.39, 0.29) is 11.8 Å². The summed E-state index contributed by atoms with van der Waals surface area (Å²) in [4.78, 5) is 15.5. The van der Waals surface area contributed by atoms with Gasteiger partial charge in [0.2, 0.25) is 5.91 Å². The van der Waals surface area contributed by atoms with Crippen LogP contribution in [0.25, 0.3) is 10.9 Å². The number of hydrogen-bond acceptors (Lipinski definition) is 4. The fraction of sp³-hybridized carbons (Fsp3) is 0.323. The van der Waals surface area contributed by atoms with Crippen molar-refractivity contribution in [2.75, 3.05) is 46.5 Å². The summed E-state index contributed by atoms with van der Waals surface area (Å²) >= 11 is 6.41. The molecule has 0 bridgehead atoms. The van der Waals surface area contributed by atoms with Gasteiger partial charge in [-0.15, -0.1) is 0 Å². The molecule has 5 rings (SSSR count). The van der Waals surface area contributed by atoms with Crippen molar-refractivity contribution in [3.05, 3.63) is 101 Å². The van der Waals surface area contributed by atoms with Crippen LogP contribution in [0.15, 0.2) is 79.0 Å². The Morgan fingerprint density at radius 3 is 2.61 bits per heavy atom. The predicted octanol–water partition coefficient (Wildman–Crippen LogP) is 5.32. The minimum atomic E-state index is -0.126. The third-order valence-corrected chi connectivity index (χ3v) is 7.44. The number of hydrogen-bond donors (Lipinski definition) is 1. The zero-order chi connectivity index (χ0) is 26.3. The number of nitrogens with one attached hydrogen (secondary N) is 1. The summed E-state index contributed by atoms with van der Waals surface area (Å²) < 4.78 is 13.0. The summed E-state index contributed by atoms with van der Waals surface area (Å²) in [5.74, 6) is 0.752. The van der Waals surface area contributed by atoms with Gasteiger partial charge < -0.3 is 19.4 Å². The number of methoxy groups -OCH3 is 1.